The fraction of sp³-hybridized carbons (Fsp3) is 0.318. The zero-order valence-corrected chi connectivity index (χ0v) is 16.6. The molecular formula is C22H22ClNO4. The Morgan fingerprint density at radius 2 is 1.75 bits per heavy atom. The molecule has 2 atom stereocenters. The minimum Gasteiger partial charge on any atom is -0.453 e. The van der Waals surface area contributed by atoms with Crippen molar-refractivity contribution in [1.29, 1.82) is 0 Å². The molecule has 0 saturated carbocycles. The number of fused-ring (bicyclic) bond motifs is 1. The van der Waals surface area contributed by atoms with Gasteiger partial charge in [0.2, 0.25) is 5.78 Å². The molecule has 3 rings (SSSR count). The zero-order chi connectivity index (χ0) is 20.3. The lowest BCUT2D eigenvalue weighted by Crippen LogP contribution is -2.41. The fourth-order valence-electron chi connectivity index (χ4n) is 3.27. The Hall–Kier alpha value is -2.66. The Morgan fingerprint density at radius 1 is 1.04 bits per heavy atom. The predicted molar refractivity (Wildman–Crippen MR) is 107 cm³/mol. The lowest BCUT2D eigenvalue weighted by Gasteiger charge is -2.17. The maximum atomic E-state index is 12.6. The van der Waals surface area contributed by atoms with E-state index in [1.54, 1.807) is 30.3 Å². The van der Waals surface area contributed by atoms with Crippen LogP contribution in [0.2, 0.25) is 5.02 Å². The molecule has 0 radical (unpaired) electrons. The van der Waals surface area contributed by atoms with Gasteiger partial charge in [-0.25, -0.2) is 4.79 Å². The summed E-state index contributed by atoms with van der Waals surface area (Å²) in [5.74, 6) is -1.41. The molecule has 1 aliphatic rings. The minimum atomic E-state index is -0.938. The van der Waals surface area contributed by atoms with Crippen molar-refractivity contribution < 1.29 is 19.1 Å². The number of ketones is 1. The van der Waals surface area contributed by atoms with Crippen LogP contribution in [0.1, 0.15) is 52.1 Å². The number of carbonyl (C=O) groups excluding carboxylic acids is 3. The third-order valence-electron chi connectivity index (χ3n) is 4.86. The predicted octanol–water partition coefficient (Wildman–Crippen LogP) is 3.76. The molecule has 0 bridgehead atoms. The van der Waals surface area contributed by atoms with Crippen LogP contribution in [0.25, 0.3) is 0 Å². The van der Waals surface area contributed by atoms with Gasteiger partial charge in [0.05, 0.1) is 10.6 Å². The number of ether oxygens (including phenoxy) is 1. The third-order valence-corrected chi connectivity index (χ3v) is 5.19. The van der Waals surface area contributed by atoms with E-state index in [1.807, 2.05) is 12.1 Å². The molecule has 0 aromatic heterocycles. The topological polar surface area (TPSA) is 72.5 Å². The molecule has 0 spiro atoms. The van der Waals surface area contributed by atoms with Crippen LogP contribution in [-0.2, 0) is 22.4 Å². The van der Waals surface area contributed by atoms with E-state index in [4.69, 9.17) is 16.3 Å². The van der Waals surface area contributed by atoms with Crippen LogP contribution >= 0.6 is 11.6 Å². The molecular weight excluding hydrogens is 378 g/mol. The second kappa shape index (κ2) is 8.57. The van der Waals surface area contributed by atoms with Gasteiger partial charge in [0, 0.05) is 5.56 Å². The minimum absolute atomic E-state index is 0.257. The summed E-state index contributed by atoms with van der Waals surface area (Å²) in [6, 6.07) is 11.3. The molecule has 0 heterocycles. The molecule has 1 N–H and O–H groups in total. The summed E-state index contributed by atoms with van der Waals surface area (Å²) >= 11 is 5.99. The number of benzene rings is 2. The summed E-state index contributed by atoms with van der Waals surface area (Å²) < 4.78 is 5.28. The first-order chi connectivity index (χ1) is 13.4. The molecule has 0 fully saturated rings. The van der Waals surface area contributed by atoms with Crippen molar-refractivity contribution in [3.63, 3.8) is 0 Å². The third kappa shape index (κ3) is 4.42. The van der Waals surface area contributed by atoms with Gasteiger partial charge in [-0.1, -0.05) is 35.9 Å². The Kier molecular flexibility index (Phi) is 6.15. The molecule has 0 saturated heterocycles. The number of esters is 1. The first-order valence-electron chi connectivity index (χ1n) is 9.28. The van der Waals surface area contributed by atoms with Gasteiger partial charge in [-0.2, -0.15) is 0 Å². The number of rotatable bonds is 6. The van der Waals surface area contributed by atoms with Crippen molar-refractivity contribution in [2.75, 3.05) is 0 Å². The molecule has 1 amide bonds. The molecule has 0 unspecified atom stereocenters. The first kappa shape index (κ1) is 20.1. The lowest BCUT2D eigenvalue weighted by molar-refractivity contribution is -0.148. The van der Waals surface area contributed by atoms with E-state index in [0.717, 1.165) is 19.3 Å². The Morgan fingerprint density at radius 3 is 2.50 bits per heavy atom. The highest BCUT2D eigenvalue weighted by atomic mass is 35.5. The lowest BCUT2D eigenvalue weighted by atomic mass is 10.0. The maximum absolute atomic E-state index is 12.6. The number of Topliss-reactive ketones (excluding diaryl/α,β-unsaturated/α-hetero) is 1. The smallest absolute Gasteiger partial charge is 0.329 e. The highest BCUT2D eigenvalue weighted by Gasteiger charge is 2.25. The van der Waals surface area contributed by atoms with Gasteiger partial charge in [-0.15, -0.1) is 0 Å². The van der Waals surface area contributed by atoms with E-state index >= 15 is 0 Å². The van der Waals surface area contributed by atoms with Crippen LogP contribution in [0.3, 0.4) is 0 Å². The maximum Gasteiger partial charge on any atom is 0.329 e. The Balaban J connectivity index is 1.59. The standard InChI is InChI=1S/C22H22ClNO4/c1-13(24-21(26)18-8-3-4-9-19(18)23)22(27)28-14(2)20(25)17-11-10-15-6-5-7-16(15)12-17/h3-4,8-14H,5-7H2,1-2H3,(H,24,26)/t13-,14-/m0/s1. The summed E-state index contributed by atoms with van der Waals surface area (Å²) in [7, 11) is 0. The normalized spacial score (nSPS) is 14.7. The highest BCUT2D eigenvalue weighted by Crippen LogP contribution is 2.23. The van der Waals surface area contributed by atoms with E-state index in [9.17, 15) is 14.4 Å². The SMILES string of the molecule is C[C@H](NC(=O)c1ccccc1Cl)C(=O)O[C@@H](C)C(=O)c1ccc2c(c1)CCC2. The number of carbonyl (C=O) groups is 3. The van der Waals surface area contributed by atoms with E-state index in [2.05, 4.69) is 5.32 Å². The monoisotopic (exact) mass is 399 g/mol. The van der Waals surface area contributed by atoms with Crippen LogP contribution in [0.5, 0.6) is 0 Å². The van der Waals surface area contributed by atoms with Crippen molar-refractivity contribution >= 4 is 29.3 Å². The number of hydrogen-bond donors (Lipinski definition) is 1. The second-order valence-electron chi connectivity index (χ2n) is 6.96. The molecule has 28 heavy (non-hydrogen) atoms. The number of aryl methyl sites for hydroxylation is 2. The van der Waals surface area contributed by atoms with Crippen molar-refractivity contribution in [3.8, 4) is 0 Å². The number of amides is 1. The average Bonchev–Trinajstić information content (AvgIpc) is 3.15. The van der Waals surface area contributed by atoms with Gasteiger partial charge in [0.1, 0.15) is 6.04 Å². The van der Waals surface area contributed by atoms with Gasteiger partial charge in [-0.05, 0) is 62.4 Å². The van der Waals surface area contributed by atoms with E-state index in [1.165, 1.54) is 25.0 Å². The van der Waals surface area contributed by atoms with Gasteiger partial charge >= 0.3 is 5.97 Å². The fourth-order valence-corrected chi connectivity index (χ4v) is 3.49. The number of hydrogen-bond acceptors (Lipinski definition) is 4. The highest BCUT2D eigenvalue weighted by molar-refractivity contribution is 6.33. The van der Waals surface area contributed by atoms with Crippen LogP contribution in [0.4, 0.5) is 0 Å². The number of halogens is 1. The average molecular weight is 400 g/mol. The van der Waals surface area contributed by atoms with E-state index in [-0.39, 0.29) is 11.3 Å². The van der Waals surface area contributed by atoms with Crippen molar-refractivity contribution in [3.05, 3.63) is 69.7 Å². The first-order valence-corrected chi connectivity index (χ1v) is 9.66. The molecule has 6 heteroatoms. The summed E-state index contributed by atoms with van der Waals surface area (Å²) in [6.45, 7) is 3.04. The van der Waals surface area contributed by atoms with Crippen LogP contribution in [-0.4, -0.2) is 29.8 Å². The van der Waals surface area contributed by atoms with Crippen LogP contribution in [0.15, 0.2) is 42.5 Å². The Labute approximate surface area is 169 Å². The summed E-state index contributed by atoms with van der Waals surface area (Å²) in [5.41, 5.74) is 3.27. The number of nitrogens with one attached hydrogen (secondary N) is 1. The molecule has 0 aliphatic heterocycles. The van der Waals surface area contributed by atoms with Crippen LogP contribution in [0, 0.1) is 0 Å². The Bertz CT molecular complexity index is 925. The summed E-state index contributed by atoms with van der Waals surface area (Å²) in [5, 5.41) is 2.84. The van der Waals surface area contributed by atoms with E-state index < -0.39 is 24.0 Å². The molecule has 5 nitrogen and oxygen atoms in total. The van der Waals surface area contributed by atoms with Crippen molar-refractivity contribution in [2.45, 2.75) is 45.3 Å². The largest absolute Gasteiger partial charge is 0.453 e. The zero-order valence-electron chi connectivity index (χ0n) is 15.8. The second-order valence-corrected chi connectivity index (χ2v) is 7.36. The summed E-state index contributed by atoms with van der Waals surface area (Å²) in [4.78, 5) is 37.2. The summed E-state index contributed by atoms with van der Waals surface area (Å²) in [6.07, 6.45) is 2.17. The molecule has 2 aromatic carbocycles. The van der Waals surface area contributed by atoms with Crippen molar-refractivity contribution in [2.24, 2.45) is 0 Å². The van der Waals surface area contributed by atoms with Gasteiger partial charge < -0.3 is 10.1 Å². The van der Waals surface area contributed by atoms with Crippen LogP contribution < -0.4 is 5.32 Å². The van der Waals surface area contributed by atoms with Crippen molar-refractivity contribution in [1.82, 2.24) is 5.32 Å². The van der Waals surface area contributed by atoms with Gasteiger partial charge in [0.25, 0.3) is 5.91 Å². The molecule has 2 aromatic rings. The van der Waals surface area contributed by atoms with Gasteiger partial charge in [-0.3, -0.25) is 9.59 Å². The molecule has 146 valence electrons. The quantitative estimate of drug-likeness (QED) is 0.593. The molecule has 1 aliphatic carbocycles. The van der Waals surface area contributed by atoms with Gasteiger partial charge in [0.15, 0.2) is 6.10 Å². The van der Waals surface area contributed by atoms with E-state index in [0.29, 0.717) is 10.6 Å².